The van der Waals surface area contributed by atoms with Gasteiger partial charge in [-0.25, -0.2) is 14.8 Å². The molecule has 1 aromatic carbocycles. The quantitative estimate of drug-likeness (QED) is 0.633. The van der Waals surface area contributed by atoms with Crippen molar-refractivity contribution < 1.29 is 9.53 Å². The summed E-state index contributed by atoms with van der Waals surface area (Å²) in [4.78, 5) is 25.6. The maximum Gasteiger partial charge on any atom is 0.410 e. The Morgan fingerprint density at radius 3 is 2.25 bits per heavy atom. The second-order valence-electron chi connectivity index (χ2n) is 10.5. The number of allylic oxidation sites excluding steroid dienone is 1. The molecule has 0 aliphatic carbocycles. The third kappa shape index (κ3) is 5.67. The van der Waals surface area contributed by atoms with Crippen LogP contribution in [0.5, 0.6) is 0 Å². The SMILES string of the molecule is C=C(C)c1ccc(-c2ccnc(N3CCN(C(=O)OC(C)(C)C)CC3)n2)cc1C(C)(C)C. The lowest BCUT2D eigenvalue weighted by Crippen LogP contribution is -2.50. The standard InChI is InChI=1S/C26H36N4O2/c1-18(2)20-10-9-19(17-21(20)25(3,4)5)22-11-12-27-23(28-22)29-13-15-30(16-14-29)24(31)32-26(6,7)8/h9-12,17H,1,13-16H2,2-8H3. The molecule has 0 radical (unpaired) electrons. The van der Waals surface area contributed by atoms with Gasteiger partial charge in [0.1, 0.15) is 5.60 Å². The topological polar surface area (TPSA) is 58.6 Å². The Balaban J connectivity index is 1.79. The van der Waals surface area contributed by atoms with Gasteiger partial charge >= 0.3 is 6.09 Å². The van der Waals surface area contributed by atoms with Crippen LogP contribution in [0.2, 0.25) is 0 Å². The Kier molecular flexibility index (Phi) is 6.63. The van der Waals surface area contributed by atoms with Gasteiger partial charge in [-0.05, 0) is 56.4 Å². The number of piperazine rings is 1. The van der Waals surface area contributed by atoms with Gasteiger partial charge in [-0.1, -0.05) is 45.1 Å². The van der Waals surface area contributed by atoms with Crippen molar-refractivity contribution in [2.45, 2.75) is 59.5 Å². The van der Waals surface area contributed by atoms with Gasteiger partial charge in [0.25, 0.3) is 0 Å². The van der Waals surface area contributed by atoms with Crippen molar-refractivity contribution in [3.63, 3.8) is 0 Å². The number of ether oxygens (including phenoxy) is 1. The fourth-order valence-electron chi connectivity index (χ4n) is 3.77. The zero-order chi connectivity index (χ0) is 23.7. The molecule has 1 aliphatic heterocycles. The van der Waals surface area contributed by atoms with Crippen molar-refractivity contribution in [1.29, 1.82) is 0 Å². The zero-order valence-electron chi connectivity index (χ0n) is 20.5. The van der Waals surface area contributed by atoms with Gasteiger partial charge < -0.3 is 14.5 Å². The van der Waals surface area contributed by atoms with Gasteiger partial charge in [0, 0.05) is 37.9 Å². The van der Waals surface area contributed by atoms with Crippen molar-refractivity contribution in [2.24, 2.45) is 0 Å². The van der Waals surface area contributed by atoms with Crippen LogP contribution in [-0.2, 0) is 10.2 Å². The Labute approximate surface area is 192 Å². The molecule has 0 atom stereocenters. The molecule has 1 fully saturated rings. The van der Waals surface area contributed by atoms with E-state index in [2.05, 4.69) is 55.4 Å². The molecule has 1 aromatic heterocycles. The summed E-state index contributed by atoms with van der Waals surface area (Å²) in [5.41, 5.74) is 4.98. The highest BCUT2D eigenvalue weighted by Gasteiger charge is 2.27. The molecule has 6 heteroatoms. The number of nitrogens with zero attached hydrogens (tertiary/aromatic N) is 4. The van der Waals surface area contributed by atoms with Crippen LogP contribution in [0.3, 0.4) is 0 Å². The largest absolute Gasteiger partial charge is 0.444 e. The smallest absolute Gasteiger partial charge is 0.410 e. The Morgan fingerprint density at radius 1 is 1.03 bits per heavy atom. The van der Waals surface area contributed by atoms with Crippen LogP contribution < -0.4 is 4.90 Å². The predicted molar refractivity (Wildman–Crippen MR) is 131 cm³/mol. The van der Waals surface area contributed by atoms with E-state index in [-0.39, 0.29) is 11.5 Å². The van der Waals surface area contributed by atoms with Gasteiger partial charge in [-0.2, -0.15) is 0 Å². The van der Waals surface area contributed by atoms with Gasteiger partial charge in [-0.15, -0.1) is 0 Å². The van der Waals surface area contributed by atoms with Crippen molar-refractivity contribution in [2.75, 3.05) is 31.1 Å². The monoisotopic (exact) mass is 436 g/mol. The van der Waals surface area contributed by atoms with Crippen LogP contribution in [-0.4, -0.2) is 52.7 Å². The van der Waals surface area contributed by atoms with E-state index in [4.69, 9.17) is 9.72 Å². The second kappa shape index (κ2) is 8.93. The molecule has 0 bridgehead atoms. The van der Waals surface area contributed by atoms with Crippen LogP contribution in [0.15, 0.2) is 37.0 Å². The summed E-state index contributed by atoms with van der Waals surface area (Å²) >= 11 is 0. The first kappa shape index (κ1) is 23.8. The summed E-state index contributed by atoms with van der Waals surface area (Å²) in [6.07, 6.45) is 1.54. The molecule has 2 aromatic rings. The zero-order valence-corrected chi connectivity index (χ0v) is 20.5. The molecule has 0 N–H and O–H groups in total. The Morgan fingerprint density at radius 2 is 1.69 bits per heavy atom. The summed E-state index contributed by atoms with van der Waals surface area (Å²) in [6.45, 7) is 21.0. The summed E-state index contributed by atoms with van der Waals surface area (Å²) in [7, 11) is 0. The summed E-state index contributed by atoms with van der Waals surface area (Å²) < 4.78 is 5.49. The predicted octanol–water partition coefficient (Wildman–Crippen LogP) is 5.53. The van der Waals surface area contributed by atoms with Crippen LogP contribution in [0.4, 0.5) is 10.7 Å². The molecule has 1 saturated heterocycles. The number of carbonyl (C=O) groups is 1. The second-order valence-corrected chi connectivity index (χ2v) is 10.5. The van der Waals surface area contributed by atoms with Crippen LogP contribution in [0.1, 0.15) is 59.6 Å². The van der Waals surface area contributed by atoms with E-state index in [1.807, 2.05) is 33.8 Å². The minimum absolute atomic E-state index is 0.00184. The fourth-order valence-corrected chi connectivity index (χ4v) is 3.77. The van der Waals surface area contributed by atoms with Gasteiger partial charge in [0.15, 0.2) is 0 Å². The number of hydrogen-bond acceptors (Lipinski definition) is 5. The van der Waals surface area contributed by atoms with Crippen LogP contribution in [0, 0.1) is 0 Å². The van der Waals surface area contributed by atoms with E-state index < -0.39 is 5.60 Å². The van der Waals surface area contributed by atoms with Gasteiger partial charge in [-0.3, -0.25) is 0 Å². The normalized spacial score (nSPS) is 15.0. The third-order valence-corrected chi connectivity index (χ3v) is 5.44. The third-order valence-electron chi connectivity index (χ3n) is 5.44. The van der Waals surface area contributed by atoms with Crippen molar-refractivity contribution in [3.05, 3.63) is 48.2 Å². The average molecular weight is 437 g/mol. The van der Waals surface area contributed by atoms with Crippen molar-refractivity contribution in [3.8, 4) is 11.3 Å². The lowest BCUT2D eigenvalue weighted by Gasteiger charge is -2.35. The van der Waals surface area contributed by atoms with E-state index in [0.717, 1.165) is 16.8 Å². The maximum atomic E-state index is 12.3. The summed E-state index contributed by atoms with van der Waals surface area (Å²) in [5, 5.41) is 0. The number of benzene rings is 1. The van der Waals surface area contributed by atoms with E-state index in [9.17, 15) is 4.79 Å². The van der Waals surface area contributed by atoms with Gasteiger partial charge in [0.05, 0.1) is 5.69 Å². The minimum Gasteiger partial charge on any atom is -0.444 e. The number of aromatic nitrogens is 2. The average Bonchev–Trinajstić information content (AvgIpc) is 2.71. The number of hydrogen-bond donors (Lipinski definition) is 0. The molecule has 172 valence electrons. The van der Waals surface area contributed by atoms with Gasteiger partial charge in [0.2, 0.25) is 5.95 Å². The highest BCUT2D eigenvalue weighted by molar-refractivity contribution is 5.71. The highest BCUT2D eigenvalue weighted by Crippen LogP contribution is 2.33. The number of amides is 1. The van der Waals surface area contributed by atoms with Crippen molar-refractivity contribution in [1.82, 2.24) is 14.9 Å². The minimum atomic E-state index is -0.489. The molecular weight excluding hydrogens is 400 g/mol. The first-order valence-electron chi connectivity index (χ1n) is 11.2. The maximum absolute atomic E-state index is 12.3. The van der Waals surface area contributed by atoms with E-state index in [1.54, 1.807) is 11.1 Å². The molecule has 0 spiro atoms. The molecule has 0 unspecified atom stereocenters. The number of anilines is 1. The molecule has 32 heavy (non-hydrogen) atoms. The molecule has 3 rings (SSSR count). The number of rotatable bonds is 3. The van der Waals surface area contributed by atoms with E-state index >= 15 is 0 Å². The van der Waals surface area contributed by atoms with Crippen LogP contribution >= 0.6 is 0 Å². The van der Waals surface area contributed by atoms with Crippen molar-refractivity contribution >= 4 is 17.6 Å². The molecular formula is C26H36N4O2. The molecule has 2 heterocycles. The van der Waals surface area contributed by atoms with E-state index in [0.29, 0.717) is 32.1 Å². The lowest BCUT2D eigenvalue weighted by atomic mass is 9.81. The molecule has 1 amide bonds. The van der Waals surface area contributed by atoms with E-state index in [1.165, 1.54) is 11.1 Å². The summed E-state index contributed by atoms with van der Waals surface area (Å²) in [6, 6.07) is 8.41. The first-order valence-corrected chi connectivity index (χ1v) is 11.2. The molecule has 1 aliphatic rings. The van der Waals surface area contributed by atoms with Crippen LogP contribution in [0.25, 0.3) is 16.8 Å². The fraction of sp³-hybridized carbons (Fsp3) is 0.500. The first-order chi connectivity index (χ1) is 14.8. The Hall–Kier alpha value is -2.89. The Bertz CT molecular complexity index is 994. The molecule has 6 nitrogen and oxygen atoms in total. The highest BCUT2D eigenvalue weighted by atomic mass is 16.6. The molecule has 0 saturated carbocycles. The number of carbonyl (C=O) groups excluding carboxylic acids is 1. The summed E-state index contributed by atoms with van der Waals surface area (Å²) in [5.74, 6) is 0.688. The lowest BCUT2D eigenvalue weighted by molar-refractivity contribution is 0.0240.